The van der Waals surface area contributed by atoms with Crippen LogP contribution in [0.2, 0.25) is 0 Å². The lowest BCUT2D eigenvalue weighted by atomic mass is 10.2. The Morgan fingerprint density at radius 3 is 2.76 bits per heavy atom. The lowest BCUT2D eigenvalue weighted by Gasteiger charge is -2.11. The van der Waals surface area contributed by atoms with Gasteiger partial charge in [-0.25, -0.2) is 9.97 Å². The fourth-order valence-corrected chi connectivity index (χ4v) is 2.98. The normalized spacial score (nSPS) is 11.5. The third kappa shape index (κ3) is 4.44. The third-order valence-corrected chi connectivity index (χ3v) is 4.16. The van der Waals surface area contributed by atoms with Crippen LogP contribution in [0.5, 0.6) is 5.88 Å². The molecule has 3 rings (SSSR count). The van der Waals surface area contributed by atoms with E-state index < -0.39 is 18.7 Å². The average molecular weight is 367 g/mol. The third-order valence-electron chi connectivity index (χ3n) is 3.13. The van der Waals surface area contributed by atoms with Crippen LogP contribution in [0.3, 0.4) is 0 Å². The number of rotatable bonds is 5. The van der Waals surface area contributed by atoms with Crippen LogP contribution in [0.4, 0.5) is 13.2 Å². The molecule has 2 aromatic heterocycles. The number of hydrogen-bond acceptors (Lipinski definition) is 5. The molecular formula is C16H12F3N3O2S. The van der Waals surface area contributed by atoms with E-state index in [0.717, 1.165) is 10.2 Å². The highest BCUT2D eigenvalue weighted by Crippen LogP contribution is 2.22. The van der Waals surface area contributed by atoms with Gasteiger partial charge in [-0.2, -0.15) is 13.2 Å². The van der Waals surface area contributed by atoms with Crippen molar-refractivity contribution in [2.45, 2.75) is 12.7 Å². The molecule has 0 aliphatic heterocycles. The summed E-state index contributed by atoms with van der Waals surface area (Å²) in [5.74, 6) is -0.939. The van der Waals surface area contributed by atoms with Crippen molar-refractivity contribution in [3.05, 3.63) is 53.2 Å². The summed E-state index contributed by atoms with van der Waals surface area (Å²) in [6.07, 6.45) is -3.25. The smallest absolute Gasteiger partial charge is 0.422 e. The largest absolute Gasteiger partial charge is 0.467 e. The number of para-hydroxylation sites is 1. The molecule has 0 saturated heterocycles. The number of carbonyl (C=O) groups excluding carboxylic acids is 1. The summed E-state index contributed by atoms with van der Waals surface area (Å²) >= 11 is 1.43. The van der Waals surface area contributed by atoms with Gasteiger partial charge in [0, 0.05) is 6.20 Å². The number of thiazole rings is 1. The Balaban J connectivity index is 1.68. The summed E-state index contributed by atoms with van der Waals surface area (Å²) < 4.78 is 42.5. The Bertz CT molecular complexity index is 862. The molecule has 130 valence electrons. The summed E-state index contributed by atoms with van der Waals surface area (Å²) in [7, 11) is 0. The lowest BCUT2D eigenvalue weighted by molar-refractivity contribution is -0.154. The van der Waals surface area contributed by atoms with Gasteiger partial charge in [-0.3, -0.25) is 4.79 Å². The Hall–Kier alpha value is -2.68. The number of aromatic nitrogens is 2. The van der Waals surface area contributed by atoms with Crippen molar-refractivity contribution < 1.29 is 22.7 Å². The number of ether oxygens (including phenoxy) is 1. The molecule has 9 heteroatoms. The number of amides is 1. The molecule has 0 unspecified atom stereocenters. The molecule has 0 spiro atoms. The zero-order valence-corrected chi connectivity index (χ0v) is 13.5. The lowest BCUT2D eigenvalue weighted by Crippen LogP contribution is -2.25. The number of nitrogens with one attached hydrogen (secondary N) is 1. The first-order chi connectivity index (χ1) is 11.9. The molecule has 5 nitrogen and oxygen atoms in total. The topological polar surface area (TPSA) is 64.1 Å². The Kier molecular flexibility index (Phi) is 4.84. The van der Waals surface area contributed by atoms with E-state index >= 15 is 0 Å². The highest BCUT2D eigenvalue weighted by atomic mass is 32.1. The molecule has 25 heavy (non-hydrogen) atoms. The first-order valence-corrected chi connectivity index (χ1v) is 8.01. The standard InChI is InChI=1S/C16H12F3N3O2S/c17-16(18,19)9-24-15-10(4-3-7-20-15)14(23)21-8-13-22-11-5-1-2-6-12(11)25-13/h1-7H,8-9H2,(H,21,23). The zero-order chi connectivity index (χ0) is 17.9. The van der Waals surface area contributed by atoms with Gasteiger partial charge >= 0.3 is 6.18 Å². The second-order valence-corrected chi connectivity index (χ2v) is 6.13. The zero-order valence-electron chi connectivity index (χ0n) is 12.7. The molecule has 2 heterocycles. The van der Waals surface area contributed by atoms with E-state index in [-0.39, 0.29) is 18.0 Å². The summed E-state index contributed by atoms with van der Waals surface area (Å²) in [6.45, 7) is -1.35. The Morgan fingerprint density at radius 1 is 1.20 bits per heavy atom. The van der Waals surface area contributed by atoms with Crippen molar-refractivity contribution in [2.75, 3.05) is 6.61 Å². The van der Waals surface area contributed by atoms with Crippen LogP contribution in [-0.4, -0.2) is 28.7 Å². The van der Waals surface area contributed by atoms with E-state index in [1.54, 1.807) is 0 Å². The van der Waals surface area contributed by atoms with Gasteiger partial charge in [0.1, 0.15) is 10.6 Å². The Labute approximate surface area is 144 Å². The number of carbonyl (C=O) groups is 1. The van der Waals surface area contributed by atoms with Gasteiger partial charge < -0.3 is 10.1 Å². The van der Waals surface area contributed by atoms with Gasteiger partial charge in [0.2, 0.25) is 5.88 Å². The van der Waals surface area contributed by atoms with Gasteiger partial charge in [0.25, 0.3) is 5.91 Å². The molecule has 1 N–H and O–H groups in total. The number of hydrogen-bond donors (Lipinski definition) is 1. The predicted molar refractivity (Wildman–Crippen MR) is 86.6 cm³/mol. The molecule has 0 radical (unpaired) electrons. The fraction of sp³-hybridized carbons (Fsp3) is 0.188. The number of nitrogens with zero attached hydrogens (tertiary/aromatic N) is 2. The van der Waals surface area contributed by atoms with Gasteiger partial charge in [0.15, 0.2) is 6.61 Å². The van der Waals surface area contributed by atoms with E-state index in [0.29, 0.717) is 5.01 Å². The minimum Gasteiger partial charge on any atom is -0.467 e. The molecule has 1 aromatic carbocycles. The van der Waals surface area contributed by atoms with Crippen LogP contribution in [0.15, 0.2) is 42.6 Å². The minimum absolute atomic E-state index is 0.0622. The highest BCUT2D eigenvalue weighted by molar-refractivity contribution is 7.18. The molecule has 0 aliphatic rings. The molecule has 0 bridgehead atoms. The predicted octanol–water partition coefficient (Wildman–Crippen LogP) is 3.56. The molecule has 0 aliphatic carbocycles. The second-order valence-electron chi connectivity index (χ2n) is 5.02. The van der Waals surface area contributed by atoms with E-state index in [4.69, 9.17) is 0 Å². The maximum atomic E-state index is 12.3. The van der Waals surface area contributed by atoms with Crippen molar-refractivity contribution in [3.8, 4) is 5.88 Å². The van der Waals surface area contributed by atoms with Crippen LogP contribution in [-0.2, 0) is 6.54 Å². The maximum Gasteiger partial charge on any atom is 0.422 e. The van der Waals surface area contributed by atoms with Crippen LogP contribution in [0.1, 0.15) is 15.4 Å². The first-order valence-electron chi connectivity index (χ1n) is 7.19. The number of fused-ring (bicyclic) bond motifs is 1. The van der Waals surface area contributed by atoms with Crippen molar-refractivity contribution in [1.82, 2.24) is 15.3 Å². The van der Waals surface area contributed by atoms with Crippen molar-refractivity contribution >= 4 is 27.5 Å². The summed E-state index contributed by atoms with van der Waals surface area (Å²) in [5, 5.41) is 3.31. The molecule has 0 saturated carbocycles. The minimum atomic E-state index is -4.51. The second kappa shape index (κ2) is 7.06. The molecular weight excluding hydrogens is 355 g/mol. The van der Waals surface area contributed by atoms with Gasteiger partial charge in [-0.15, -0.1) is 11.3 Å². The van der Waals surface area contributed by atoms with Crippen LogP contribution in [0, 0.1) is 0 Å². The van der Waals surface area contributed by atoms with Crippen molar-refractivity contribution in [1.29, 1.82) is 0 Å². The monoisotopic (exact) mass is 367 g/mol. The quantitative estimate of drug-likeness (QED) is 0.749. The van der Waals surface area contributed by atoms with Crippen LogP contribution in [0.25, 0.3) is 10.2 Å². The maximum absolute atomic E-state index is 12.3. The van der Waals surface area contributed by atoms with E-state index in [2.05, 4.69) is 20.0 Å². The summed E-state index contributed by atoms with van der Waals surface area (Å²) in [5.41, 5.74) is 0.764. The highest BCUT2D eigenvalue weighted by Gasteiger charge is 2.29. The summed E-state index contributed by atoms with van der Waals surface area (Å²) in [6, 6.07) is 10.3. The van der Waals surface area contributed by atoms with Crippen LogP contribution >= 0.6 is 11.3 Å². The van der Waals surface area contributed by atoms with E-state index in [1.807, 2.05) is 24.3 Å². The van der Waals surface area contributed by atoms with E-state index in [1.165, 1.54) is 29.7 Å². The van der Waals surface area contributed by atoms with Gasteiger partial charge in [-0.05, 0) is 24.3 Å². The van der Waals surface area contributed by atoms with Gasteiger partial charge in [0.05, 0.1) is 16.8 Å². The van der Waals surface area contributed by atoms with Crippen LogP contribution < -0.4 is 10.1 Å². The number of halogens is 3. The summed E-state index contributed by atoms with van der Waals surface area (Å²) in [4.78, 5) is 20.3. The van der Waals surface area contributed by atoms with Crippen molar-refractivity contribution in [2.24, 2.45) is 0 Å². The Morgan fingerprint density at radius 2 is 2.00 bits per heavy atom. The van der Waals surface area contributed by atoms with Crippen molar-refractivity contribution in [3.63, 3.8) is 0 Å². The van der Waals surface area contributed by atoms with E-state index in [9.17, 15) is 18.0 Å². The molecule has 1 amide bonds. The number of pyridine rings is 1. The number of alkyl halides is 3. The average Bonchev–Trinajstić information content (AvgIpc) is 3.00. The molecule has 3 aromatic rings. The number of benzene rings is 1. The molecule has 0 atom stereocenters. The SMILES string of the molecule is O=C(NCc1nc2ccccc2s1)c1cccnc1OCC(F)(F)F. The van der Waals surface area contributed by atoms with Gasteiger partial charge in [-0.1, -0.05) is 12.1 Å². The first kappa shape index (κ1) is 17.2. The fourth-order valence-electron chi connectivity index (χ4n) is 2.08. The molecule has 0 fully saturated rings.